The van der Waals surface area contributed by atoms with Crippen molar-refractivity contribution in [1.29, 1.82) is 0 Å². The minimum absolute atomic E-state index is 0.942. The molecule has 2 aliphatic carbocycles. The van der Waals surface area contributed by atoms with Gasteiger partial charge in [0.05, 0.1) is 0 Å². The molecule has 0 heteroatoms. The van der Waals surface area contributed by atoms with Gasteiger partial charge in [0.25, 0.3) is 0 Å². The van der Waals surface area contributed by atoms with Crippen molar-refractivity contribution in [3.63, 3.8) is 0 Å². The van der Waals surface area contributed by atoms with Crippen molar-refractivity contribution >= 4 is 0 Å². The molecule has 2 aliphatic rings. The summed E-state index contributed by atoms with van der Waals surface area (Å²) in [5.41, 5.74) is 0. The van der Waals surface area contributed by atoms with Crippen LogP contribution in [0.2, 0.25) is 0 Å². The Labute approximate surface area is 95.8 Å². The summed E-state index contributed by atoms with van der Waals surface area (Å²) in [4.78, 5) is 0. The van der Waals surface area contributed by atoms with Crippen molar-refractivity contribution in [2.45, 2.75) is 59.8 Å². The lowest BCUT2D eigenvalue weighted by atomic mass is 9.61. The zero-order chi connectivity index (χ0) is 11.0. The first-order chi connectivity index (χ1) is 7.09. The van der Waals surface area contributed by atoms with E-state index in [0.717, 1.165) is 35.5 Å². The summed E-state index contributed by atoms with van der Waals surface area (Å²) in [6, 6.07) is 0. The van der Waals surface area contributed by atoms with E-state index in [0.29, 0.717) is 0 Å². The zero-order valence-corrected chi connectivity index (χ0v) is 11.0. The van der Waals surface area contributed by atoms with Crippen LogP contribution in [0.1, 0.15) is 59.8 Å². The fourth-order valence-corrected chi connectivity index (χ4v) is 3.80. The van der Waals surface area contributed by atoms with E-state index in [1.54, 1.807) is 6.42 Å². The van der Waals surface area contributed by atoms with E-state index >= 15 is 0 Å². The minimum Gasteiger partial charge on any atom is -0.0622 e. The number of hydrogen-bond acceptors (Lipinski definition) is 0. The highest BCUT2D eigenvalue weighted by Crippen LogP contribution is 2.46. The molecule has 2 fully saturated rings. The quantitative estimate of drug-likeness (QED) is 0.615. The monoisotopic (exact) mass is 208 g/mol. The molecule has 0 nitrogen and oxygen atoms in total. The lowest BCUT2D eigenvalue weighted by Crippen LogP contribution is -2.36. The van der Waals surface area contributed by atoms with E-state index < -0.39 is 0 Å². The van der Waals surface area contributed by atoms with Gasteiger partial charge >= 0.3 is 0 Å². The third-order valence-electron chi connectivity index (χ3n) is 5.84. The van der Waals surface area contributed by atoms with Crippen molar-refractivity contribution in [3.05, 3.63) is 0 Å². The van der Waals surface area contributed by atoms with Gasteiger partial charge in [-0.25, -0.2) is 0 Å². The summed E-state index contributed by atoms with van der Waals surface area (Å²) in [5.74, 6) is 5.95. The lowest BCUT2D eigenvalue weighted by molar-refractivity contribution is 0.0520. The molecule has 5 atom stereocenters. The normalized spacial score (nSPS) is 47.6. The second-order valence-corrected chi connectivity index (χ2v) is 6.58. The Kier molecular flexibility index (Phi) is 3.42. The Hall–Kier alpha value is 0. The predicted octanol–water partition coefficient (Wildman–Crippen LogP) is 4.74. The van der Waals surface area contributed by atoms with Gasteiger partial charge in [-0.05, 0) is 48.3 Å². The van der Waals surface area contributed by atoms with Crippen molar-refractivity contribution in [3.8, 4) is 0 Å². The van der Waals surface area contributed by atoms with Crippen molar-refractivity contribution in [1.82, 2.24) is 0 Å². The van der Waals surface area contributed by atoms with Gasteiger partial charge in [0.2, 0.25) is 0 Å². The standard InChI is InChI=1S/C15H28/c1-10-8-15(9-14-6-5-7-14)13(4)12(3)11(10)2/h10-15H,5-9H2,1-4H3. The Morgan fingerprint density at radius 3 is 2.07 bits per heavy atom. The first-order valence-electron chi connectivity index (χ1n) is 7.09. The van der Waals surface area contributed by atoms with E-state index in [1.807, 2.05) is 0 Å². The van der Waals surface area contributed by atoms with E-state index in [1.165, 1.54) is 25.7 Å². The molecule has 2 saturated carbocycles. The van der Waals surface area contributed by atoms with Crippen LogP contribution in [0.5, 0.6) is 0 Å². The zero-order valence-electron chi connectivity index (χ0n) is 11.0. The average Bonchev–Trinajstić information content (AvgIpc) is 2.15. The summed E-state index contributed by atoms with van der Waals surface area (Å²) in [6.45, 7) is 9.93. The third-order valence-corrected chi connectivity index (χ3v) is 5.84. The molecule has 2 rings (SSSR count). The van der Waals surface area contributed by atoms with Gasteiger partial charge < -0.3 is 0 Å². The van der Waals surface area contributed by atoms with E-state index in [9.17, 15) is 0 Å². The molecule has 0 radical (unpaired) electrons. The molecule has 15 heavy (non-hydrogen) atoms. The summed E-state index contributed by atoms with van der Waals surface area (Å²) >= 11 is 0. The first kappa shape index (κ1) is 11.5. The second-order valence-electron chi connectivity index (χ2n) is 6.58. The minimum atomic E-state index is 0.942. The van der Waals surface area contributed by atoms with Crippen LogP contribution in [0, 0.1) is 35.5 Å². The lowest BCUT2D eigenvalue weighted by Gasteiger charge is -2.44. The second kappa shape index (κ2) is 4.47. The maximum atomic E-state index is 2.51. The molecule has 0 heterocycles. The summed E-state index contributed by atoms with van der Waals surface area (Å²) < 4.78 is 0. The molecule has 0 N–H and O–H groups in total. The van der Waals surface area contributed by atoms with Gasteiger partial charge in [0, 0.05) is 0 Å². The average molecular weight is 208 g/mol. The van der Waals surface area contributed by atoms with Crippen LogP contribution in [0.4, 0.5) is 0 Å². The Bertz CT molecular complexity index is 202. The van der Waals surface area contributed by atoms with Crippen LogP contribution in [-0.4, -0.2) is 0 Å². The van der Waals surface area contributed by atoms with E-state index in [4.69, 9.17) is 0 Å². The van der Waals surface area contributed by atoms with E-state index in [-0.39, 0.29) is 0 Å². The SMILES string of the molecule is CC1CC(CC2CCC2)C(C)C(C)C1C. The van der Waals surface area contributed by atoms with E-state index in [2.05, 4.69) is 27.7 Å². The smallest absolute Gasteiger partial charge is 0.0381 e. The molecule has 0 aromatic carbocycles. The topological polar surface area (TPSA) is 0 Å². The van der Waals surface area contributed by atoms with Gasteiger partial charge in [-0.3, -0.25) is 0 Å². The van der Waals surface area contributed by atoms with Crippen LogP contribution in [-0.2, 0) is 0 Å². The molecule has 0 saturated heterocycles. The highest BCUT2D eigenvalue weighted by atomic mass is 14.4. The van der Waals surface area contributed by atoms with Crippen LogP contribution < -0.4 is 0 Å². The van der Waals surface area contributed by atoms with Crippen molar-refractivity contribution in [2.24, 2.45) is 35.5 Å². The molecule has 0 aromatic rings. The fraction of sp³-hybridized carbons (Fsp3) is 1.00. The van der Waals surface area contributed by atoms with Crippen LogP contribution >= 0.6 is 0 Å². The molecule has 0 bridgehead atoms. The van der Waals surface area contributed by atoms with Crippen LogP contribution in [0.3, 0.4) is 0 Å². The van der Waals surface area contributed by atoms with Crippen LogP contribution in [0.15, 0.2) is 0 Å². The fourth-order valence-electron chi connectivity index (χ4n) is 3.80. The third kappa shape index (κ3) is 2.24. The molecule has 0 aromatic heterocycles. The molecule has 0 aliphatic heterocycles. The van der Waals surface area contributed by atoms with Gasteiger partial charge in [0.15, 0.2) is 0 Å². The Morgan fingerprint density at radius 2 is 1.53 bits per heavy atom. The highest BCUT2D eigenvalue weighted by molar-refractivity contribution is 4.87. The maximum Gasteiger partial charge on any atom is -0.0381 e. The molecular weight excluding hydrogens is 180 g/mol. The summed E-state index contributed by atoms with van der Waals surface area (Å²) in [5, 5.41) is 0. The van der Waals surface area contributed by atoms with Crippen molar-refractivity contribution < 1.29 is 0 Å². The predicted molar refractivity (Wildman–Crippen MR) is 66.7 cm³/mol. The Balaban J connectivity index is 1.92. The maximum absolute atomic E-state index is 2.51. The number of rotatable bonds is 2. The van der Waals surface area contributed by atoms with Gasteiger partial charge in [-0.1, -0.05) is 47.0 Å². The van der Waals surface area contributed by atoms with Crippen molar-refractivity contribution in [2.75, 3.05) is 0 Å². The highest BCUT2D eigenvalue weighted by Gasteiger charge is 2.37. The number of hydrogen-bond donors (Lipinski definition) is 0. The molecule has 0 spiro atoms. The molecule has 5 unspecified atom stereocenters. The molecule has 88 valence electrons. The largest absolute Gasteiger partial charge is 0.0622 e. The van der Waals surface area contributed by atoms with Gasteiger partial charge in [0.1, 0.15) is 0 Å². The molecule has 0 amide bonds. The molecular formula is C15H28. The van der Waals surface area contributed by atoms with Gasteiger partial charge in [-0.2, -0.15) is 0 Å². The van der Waals surface area contributed by atoms with Gasteiger partial charge in [-0.15, -0.1) is 0 Å². The summed E-state index contributed by atoms with van der Waals surface area (Å²) in [7, 11) is 0. The summed E-state index contributed by atoms with van der Waals surface area (Å²) in [6.07, 6.45) is 7.61. The van der Waals surface area contributed by atoms with Crippen LogP contribution in [0.25, 0.3) is 0 Å². The Morgan fingerprint density at radius 1 is 0.867 bits per heavy atom. The first-order valence-corrected chi connectivity index (χ1v) is 7.09.